The first-order chi connectivity index (χ1) is 6.41. The van der Waals surface area contributed by atoms with Crippen LogP contribution in [0.3, 0.4) is 0 Å². The van der Waals surface area contributed by atoms with Gasteiger partial charge in [-0.1, -0.05) is 0 Å². The van der Waals surface area contributed by atoms with Crippen molar-refractivity contribution in [2.45, 2.75) is 6.18 Å². The number of amides is 1. The van der Waals surface area contributed by atoms with Crippen molar-refractivity contribution >= 4 is 27.5 Å². The maximum absolute atomic E-state index is 11.8. The van der Waals surface area contributed by atoms with E-state index in [0.29, 0.717) is 4.47 Å². The number of aromatic nitrogens is 1. The number of alkyl halides is 3. The van der Waals surface area contributed by atoms with Crippen LogP contribution < -0.4 is 5.32 Å². The number of hydrogen-bond acceptors (Lipinski definition) is 2. The molecule has 1 rings (SSSR count). The summed E-state index contributed by atoms with van der Waals surface area (Å²) < 4.78 is 35.8. The van der Waals surface area contributed by atoms with E-state index in [1.807, 2.05) is 0 Å². The topological polar surface area (TPSA) is 42.0 Å². The van der Waals surface area contributed by atoms with Gasteiger partial charge in [0.1, 0.15) is 0 Å². The highest BCUT2D eigenvalue weighted by atomic mass is 79.9. The predicted octanol–water partition coefficient (Wildman–Crippen LogP) is 2.34. The fraction of sp³-hybridized carbons (Fsp3) is 0.143. The van der Waals surface area contributed by atoms with Crippen LogP contribution >= 0.6 is 15.9 Å². The van der Waals surface area contributed by atoms with Crippen molar-refractivity contribution < 1.29 is 18.0 Å². The number of nitrogens with zero attached hydrogens (tertiary/aromatic N) is 1. The van der Waals surface area contributed by atoms with E-state index in [9.17, 15) is 18.0 Å². The van der Waals surface area contributed by atoms with Gasteiger partial charge < -0.3 is 5.32 Å². The van der Waals surface area contributed by atoms with Gasteiger partial charge in [-0.25, -0.2) is 0 Å². The molecule has 0 spiro atoms. The van der Waals surface area contributed by atoms with Crippen LogP contribution in [0.1, 0.15) is 0 Å². The summed E-state index contributed by atoms with van der Waals surface area (Å²) in [5.74, 6) is -2.02. The Kier molecular flexibility index (Phi) is 3.10. The van der Waals surface area contributed by atoms with Crippen molar-refractivity contribution in [3.05, 3.63) is 22.9 Å². The molecule has 76 valence electrons. The van der Waals surface area contributed by atoms with Crippen molar-refractivity contribution in [2.24, 2.45) is 0 Å². The molecule has 0 aliphatic heterocycles. The molecule has 0 saturated heterocycles. The molecule has 0 bridgehead atoms. The van der Waals surface area contributed by atoms with Crippen LogP contribution in [-0.4, -0.2) is 17.1 Å². The lowest BCUT2D eigenvalue weighted by molar-refractivity contribution is -0.167. The van der Waals surface area contributed by atoms with Gasteiger partial charge in [-0.05, 0) is 22.0 Å². The summed E-state index contributed by atoms with van der Waals surface area (Å²) in [4.78, 5) is 14.1. The van der Waals surface area contributed by atoms with E-state index in [4.69, 9.17) is 0 Å². The molecule has 14 heavy (non-hydrogen) atoms. The molecule has 1 amide bonds. The van der Waals surface area contributed by atoms with Gasteiger partial charge in [-0.15, -0.1) is 0 Å². The van der Waals surface area contributed by atoms with Gasteiger partial charge >= 0.3 is 12.1 Å². The third-order valence-corrected chi connectivity index (χ3v) is 1.97. The summed E-state index contributed by atoms with van der Waals surface area (Å²) in [6.07, 6.45) is -2.39. The highest BCUT2D eigenvalue weighted by Crippen LogP contribution is 2.23. The Morgan fingerprint density at radius 2 is 2.14 bits per heavy atom. The summed E-state index contributed by atoms with van der Waals surface area (Å²) in [7, 11) is 0. The molecule has 1 heterocycles. The Morgan fingerprint density at radius 3 is 2.64 bits per heavy atom. The SMILES string of the molecule is O=C(Nc1cnccc1Br)C(F)(F)F. The standard InChI is InChI=1S/C7H4BrF3N2O/c8-4-1-2-12-3-5(4)13-6(14)7(9,10)11/h1-3H,(H,13,14). The summed E-state index contributed by atoms with van der Waals surface area (Å²) >= 11 is 2.97. The molecule has 0 aliphatic rings. The highest BCUT2D eigenvalue weighted by molar-refractivity contribution is 9.10. The summed E-state index contributed by atoms with van der Waals surface area (Å²) in [5, 5.41) is 1.68. The van der Waals surface area contributed by atoms with E-state index in [-0.39, 0.29) is 5.69 Å². The largest absolute Gasteiger partial charge is 0.471 e. The second kappa shape index (κ2) is 3.95. The number of nitrogens with one attached hydrogen (secondary N) is 1. The second-order valence-electron chi connectivity index (χ2n) is 2.31. The Hall–Kier alpha value is -1.11. The molecule has 7 heteroatoms. The number of halogens is 4. The smallest absolute Gasteiger partial charge is 0.316 e. The molecule has 0 aliphatic carbocycles. The Bertz CT molecular complexity index is 353. The third kappa shape index (κ3) is 2.69. The van der Waals surface area contributed by atoms with Crippen LogP contribution in [0, 0.1) is 0 Å². The number of hydrogen-bond donors (Lipinski definition) is 1. The average Bonchev–Trinajstić information content (AvgIpc) is 2.07. The minimum atomic E-state index is -4.89. The molecule has 0 atom stereocenters. The van der Waals surface area contributed by atoms with Gasteiger partial charge in [-0.2, -0.15) is 13.2 Å². The van der Waals surface area contributed by atoms with Crippen LogP contribution in [0.25, 0.3) is 0 Å². The van der Waals surface area contributed by atoms with Crippen molar-refractivity contribution in [1.82, 2.24) is 4.98 Å². The Labute approximate surface area is 85.5 Å². The zero-order valence-corrected chi connectivity index (χ0v) is 8.19. The van der Waals surface area contributed by atoms with Crippen LogP contribution in [0.15, 0.2) is 22.9 Å². The lowest BCUT2D eigenvalue weighted by Crippen LogP contribution is -2.30. The maximum atomic E-state index is 11.8. The van der Waals surface area contributed by atoms with Crippen molar-refractivity contribution in [1.29, 1.82) is 0 Å². The van der Waals surface area contributed by atoms with Crippen molar-refractivity contribution in [3.8, 4) is 0 Å². The Balaban J connectivity index is 2.80. The van der Waals surface area contributed by atoms with E-state index in [0.717, 1.165) is 6.20 Å². The highest BCUT2D eigenvalue weighted by Gasteiger charge is 2.38. The van der Waals surface area contributed by atoms with Gasteiger partial charge in [-0.3, -0.25) is 9.78 Å². The van der Waals surface area contributed by atoms with E-state index in [1.54, 1.807) is 5.32 Å². The molecule has 0 aromatic carbocycles. The monoisotopic (exact) mass is 268 g/mol. The van der Waals surface area contributed by atoms with E-state index < -0.39 is 12.1 Å². The van der Waals surface area contributed by atoms with Gasteiger partial charge in [0, 0.05) is 10.7 Å². The number of anilines is 1. The van der Waals surface area contributed by atoms with Gasteiger partial charge in [0.15, 0.2) is 0 Å². The molecular formula is C7H4BrF3N2O. The Morgan fingerprint density at radius 1 is 1.50 bits per heavy atom. The van der Waals surface area contributed by atoms with Crippen LogP contribution in [0.5, 0.6) is 0 Å². The van der Waals surface area contributed by atoms with Crippen LogP contribution in [0.4, 0.5) is 18.9 Å². The lowest BCUT2D eigenvalue weighted by Gasteiger charge is -2.08. The summed E-state index contributed by atoms with van der Waals surface area (Å²) in [6.45, 7) is 0. The van der Waals surface area contributed by atoms with Gasteiger partial charge in [0.05, 0.1) is 11.9 Å². The van der Waals surface area contributed by atoms with Crippen LogP contribution in [-0.2, 0) is 4.79 Å². The molecule has 0 saturated carbocycles. The lowest BCUT2D eigenvalue weighted by atomic mass is 10.4. The fourth-order valence-corrected chi connectivity index (χ4v) is 0.982. The first-order valence-corrected chi connectivity index (χ1v) is 4.18. The molecule has 3 nitrogen and oxygen atoms in total. The zero-order chi connectivity index (χ0) is 10.8. The number of carbonyl (C=O) groups is 1. The minimum Gasteiger partial charge on any atom is -0.316 e. The van der Waals surface area contributed by atoms with E-state index in [1.165, 1.54) is 12.3 Å². The molecule has 0 radical (unpaired) electrons. The molecule has 1 N–H and O–H groups in total. The molecule has 1 aromatic rings. The second-order valence-corrected chi connectivity index (χ2v) is 3.16. The molecule has 0 unspecified atom stereocenters. The predicted molar refractivity (Wildman–Crippen MR) is 46.6 cm³/mol. The zero-order valence-electron chi connectivity index (χ0n) is 6.60. The maximum Gasteiger partial charge on any atom is 0.471 e. The van der Waals surface area contributed by atoms with Crippen molar-refractivity contribution in [3.63, 3.8) is 0 Å². The number of carbonyl (C=O) groups excluding carboxylic acids is 1. The fourth-order valence-electron chi connectivity index (χ4n) is 0.663. The molecular weight excluding hydrogens is 265 g/mol. The summed E-state index contributed by atoms with van der Waals surface area (Å²) in [5.41, 5.74) is -0.0187. The van der Waals surface area contributed by atoms with E-state index >= 15 is 0 Å². The molecule has 0 fully saturated rings. The quantitative estimate of drug-likeness (QED) is 0.850. The van der Waals surface area contributed by atoms with Crippen LogP contribution in [0.2, 0.25) is 0 Å². The first-order valence-electron chi connectivity index (χ1n) is 3.39. The summed E-state index contributed by atoms with van der Waals surface area (Å²) in [6, 6.07) is 1.42. The van der Waals surface area contributed by atoms with E-state index in [2.05, 4.69) is 20.9 Å². The average molecular weight is 269 g/mol. The van der Waals surface area contributed by atoms with Gasteiger partial charge in [0.25, 0.3) is 0 Å². The molecule has 1 aromatic heterocycles. The third-order valence-electron chi connectivity index (χ3n) is 1.27. The minimum absolute atomic E-state index is 0.0187. The van der Waals surface area contributed by atoms with Gasteiger partial charge in [0.2, 0.25) is 0 Å². The normalized spacial score (nSPS) is 11.1. The number of rotatable bonds is 1. The van der Waals surface area contributed by atoms with Crippen molar-refractivity contribution in [2.75, 3.05) is 5.32 Å². The number of pyridine rings is 1. The first kappa shape index (κ1) is 11.0.